The van der Waals surface area contributed by atoms with E-state index < -0.39 is 11.9 Å². The minimum Gasteiger partial charge on any atom is -0.392 e. The van der Waals surface area contributed by atoms with Crippen LogP contribution in [0.2, 0.25) is 0 Å². The average Bonchev–Trinajstić information content (AvgIpc) is 3.81. The van der Waals surface area contributed by atoms with Gasteiger partial charge in [-0.15, -0.1) is 0 Å². The summed E-state index contributed by atoms with van der Waals surface area (Å²) in [5, 5.41) is 16.3. The number of hydrogen-bond acceptors (Lipinski definition) is 15. The Hall–Kier alpha value is -7.50. The number of pyridine rings is 3. The van der Waals surface area contributed by atoms with E-state index in [1.165, 1.54) is 15.8 Å². The highest BCUT2D eigenvalue weighted by Crippen LogP contribution is 2.40. The molecular weight excluding hydrogens is 1040 g/mol. The molecule has 1 unspecified atom stereocenters. The topological polar surface area (TPSA) is 235 Å². The van der Waals surface area contributed by atoms with E-state index in [0.29, 0.717) is 157 Å². The van der Waals surface area contributed by atoms with Gasteiger partial charge in [-0.25, -0.2) is 14.8 Å². The molecule has 3 N–H and O–H groups in total. The smallest absolute Gasteiger partial charge is 0.319 e. The van der Waals surface area contributed by atoms with E-state index in [1.807, 2.05) is 35.2 Å². The normalized spacial score (nSPS) is 17.6. The van der Waals surface area contributed by atoms with Crippen molar-refractivity contribution in [3.63, 3.8) is 0 Å². The first-order valence-corrected chi connectivity index (χ1v) is 28.1. The third-order valence-electron chi connectivity index (χ3n) is 15.9. The Morgan fingerprint density at radius 3 is 2.30 bits per heavy atom. The minimum atomic E-state index is -0.633. The van der Waals surface area contributed by atoms with Gasteiger partial charge in [-0.2, -0.15) is 0 Å². The molecule has 1 aliphatic carbocycles. The molecule has 4 aliphatic heterocycles. The van der Waals surface area contributed by atoms with Gasteiger partial charge in [-0.3, -0.25) is 34.2 Å². The zero-order chi connectivity index (χ0) is 56.8. The number of aromatic nitrogens is 4. The number of carbonyl (C=O) groups excluding carboxylic acids is 5. The summed E-state index contributed by atoms with van der Waals surface area (Å²) in [7, 11) is 3.44. The molecule has 0 radical (unpaired) electrons. The van der Waals surface area contributed by atoms with Crippen LogP contribution in [0.25, 0.3) is 11.1 Å². The minimum absolute atomic E-state index is 0.0640. The van der Waals surface area contributed by atoms with Crippen molar-refractivity contribution >= 4 is 52.7 Å². The molecule has 5 aromatic rings. The van der Waals surface area contributed by atoms with Gasteiger partial charge in [0, 0.05) is 114 Å². The number of benzene rings is 1. The molecular formula is C59H73N11O11. The highest BCUT2D eigenvalue weighted by molar-refractivity contribution is 6.07. The number of urea groups is 1. The largest absolute Gasteiger partial charge is 0.392 e. The maximum Gasteiger partial charge on any atom is 0.319 e. The van der Waals surface area contributed by atoms with Crippen molar-refractivity contribution in [1.29, 1.82) is 0 Å². The maximum absolute atomic E-state index is 14.0. The Balaban J connectivity index is 0.591. The van der Waals surface area contributed by atoms with E-state index in [-0.39, 0.29) is 47.8 Å². The fourth-order valence-corrected chi connectivity index (χ4v) is 11.7. The van der Waals surface area contributed by atoms with Crippen LogP contribution in [0.15, 0.2) is 71.9 Å². The Morgan fingerprint density at radius 2 is 1.58 bits per heavy atom. The van der Waals surface area contributed by atoms with E-state index in [1.54, 1.807) is 65.6 Å². The van der Waals surface area contributed by atoms with E-state index in [4.69, 9.17) is 18.9 Å². The van der Waals surface area contributed by atoms with E-state index in [0.717, 1.165) is 42.5 Å². The highest BCUT2D eigenvalue weighted by Gasteiger charge is 2.41. The molecule has 22 heteroatoms. The molecule has 1 aromatic carbocycles. The predicted octanol–water partition coefficient (Wildman–Crippen LogP) is 4.30. The van der Waals surface area contributed by atoms with Gasteiger partial charge in [-0.05, 0) is 96.2 Å². The number of carbonyl (C=O) groups is 5. The van der Waals surface area contributed by atoms with Crippen LogP contribution in [0.3, 0.4) is 0 Å². The van der Waals surface area contributed by atoms with Gasteiger partial charge in [0.15, 0.2) is 0 Å². The number of fused-ring (bicyclic) bond motifs is 4. The Morgan fingerprint density at radius 1 is 0.840 bits per heavy atom. The number of likely N-dealkylation sites (N-methyl/N-ethyl adjacent to an activating group) is 1. The molecule has 0 saturated carbocycles. The fraction of sp³-hybridized carbons (Fsp3) is 0.492. The number of imide groups is 1. The maximum atomic E-state index is 14.0. The second-order valence-electron chi connectivity index (χ2n) is 22.1. The van der Waals surface area contributed by atoms with Gasteiger partial charge >= 0.3 is 6.03 Å². The molecule has 4 aromatic heterocycles. The fourth-order valence-electron chi connectivity index (χ4n) is 11.7. The number of anilines is 4. The van der Waals surface area contributed by atoms with Gasteiger partial charge in [0.1, 0.15) is 29.1 Å². The monoisotopic (exact) mass is 1110 g/mol. The van der Waals surface area contributed by atoms with Crippen LogP contribution in [0, 0.1) is 5.41 Å². The van der Waals surface area contributed by atoms with E-state index in [2.05, 4.69) is 43.9 Å². The van der Waals surface area contributed by atoms with Crippen molar-refractivity contribution in [3.05, 3.63) is 117 Å². The average molecular weight is 1110 g/mol. The number of piperazine rings is 1. The summed E-state index contributed by atoms with van der Waals surface area (Å²) in [6, 6.07) is 14.3. The molecule has 10 rings (SSSR count). The lowest BCUT2D eigenvalue weighted by Gasteiger charge is -2.37. The molecule has 1 atom stereocenters. The number of piperidine rings is 1. The van der Waals surface area contributed by atoms with Crippen molar-refractivity contribution in [3.8, 4) is 11.1 Å². The Labute approximate surface area is 470 Å². The van der Waals surface area contributed by atoms with Crippen LogP contribution in [0.4, 0.5) is 27.8 Å². The summed E-state index contributed by atoms with van der Waals surface area (Å²) in [4.78, 5) is 96.0. The van der Waals surface area contributed by atoms with Gasteiger partial charge in [0.2, 0.25) is 11.8 Å². The molecule has 8 heterocycles. The number of amides is 6. The predicted molar refractivity (Wildman–Crippen MR) is 302 cm³/mol. The number of aryl methyl sites for hydroxylation is 2. The Kier molecular flexibility index (Phi) is 17.6. The zero-order valence-corrected chi connectivity index (χ0v) is 46.7. The van der Waals surface area contributed by atoms with Gasteiger partial charge in [0.05, 0.1) is 64.7 Å². The third-order valence-corrected chi connectivity index (χ3v) is 15.9. The quantitative estimate of drug-likeness (QED) is 0.0611. The van der Waals surface area contributed by atoms with Crippen LogP contribution < -0.4 is 26.0 Å². The first-order valence-electron chi connectivity index (χ1n) is 28.1. The van der Waals surface area contributed by atoms with Crippen LogP contribution in [0.5, 0.6) is 0 Å². The molecule has 0 bridgehead atoms. The molecule has 5 aliphatic rings. The second-order valence-corrected chi connectivity index (χ2v) is 22.1. The van der Waals surface area contributed by atoms with Gasteiger partial charge in [-0.1, -0.05) is 26.0 Å². The summed E-state index contributed by atoms with van der Waals surface area (Å²) in [5.74, 6) is -0.156. The summed E-state index contributed by atoms with van der Waals surface area (Å²) < 4.78 is 26.4. The number of rotatable bonds is 23. The summed E-state index contributed by atoms with van der Waals surface area (Å²) in [6.45, 7) is 11.7. The summed E-state index contributed by atoms with van der Waals surface area (Å²) >= 11 is 0. The summed E-state index contributed by atoms with van der Waals surface area (Å²) in [5.41, 5.74) is 8.63. The van der Waals surface area contributed by atoms with Gasteiger partial charge < -0.3 is 58.1 Å². The van der Waals surface area contributed by atoms with Crippen molar-refractivity contribution < 1.29 is 48.0 Å². The molecule has 430 valence electrons. The summed E-state index contributed by atoms with van der Waals surface area (Å²) in [6.07, 6.45) is 9.02. The molecule has 0 spiro atoms. The zero-order valence-electron chi connectivity index (χ0n) is 46.7. The first kappa shape index (κ1) is 56.8. The lowest BCUT2D eigenvalue weighted by Crippen LogP contribution is -2.52. The number of aliphatic hydroxyl groups excluding tert-OH is 1. The number of ether oxygens (including phenoxy) is 4. The number of nitrogens with one attached hydrogen (secondary N) is 2. The number of aliphatic hydroxyl groups is 1. The second kappa shape index (κ2) is 25.1. The lowest BCUT2D eigenvalue weighted by molar-refractivity contribution is -0.136. The van der Waals surface area contributed by atoms with E-state index >= 15 is 0 Å². The third kappa shape index (κ3) is 12.7. The molecule has 2 saturated heterocycles. The standard InChI is InChI=1S/C59H73N11O11/c1-59(2)33-40-32-49-57(76)69(21-20-68(49)50(40)34-59)53-46(38-71)43(14-15-60-53)41-31-47(56(75)65(4)36-41)62-51-12-10-42(35-61-51)66-16-18-67(19-17-66)58(77)64(3)22-24-79-26-28-81-30-29-80-27-25-78-23-6-8-39-7-5-9-44-45(39)37-70(55(44)74)48-11-13-52(72)63-54(48)73/h5,7,9-10,12,14-15,31-32,35-36,48,71H,6,8,11,13,16-30,33-34,37-38H2,1-4H3,(H,61,62)(H,63,72,73). The molecule has 81 heavy (non-hydrogen) atoms. The van der Waals surface area contributed by atoms with Crippen molar-refractivity contribution in [2.75, 3.05) is 114 Å². The number of hydrogen-bond donors (Lipinski definition) is 3. The van der Waals surface area contributed by atoms with Crippen LogP contribution in [-0.2, 0) is 74.5 Å². The number of nitrogens with zero attached hydrogens (tertiary/aromatic N) is 9. The van der Waals surface area contributed by atoms with Crippen LogP contribution in [-0.4, -0.2) is 174 Å². The van der Waals surface area contributed by atoms with E-state index in [9.17, 15) is 33.9 Å². The van der Waals surface area contributed by atoms with Crippen molar-refractivity contribution in [2.45, 2.75) is 78.1 Å². The highest BCUT2D eigenvalue weighted by atomic mass is 16.6. The SMILES string of the molecule is CN(CCOCCOCCOCCOCCCc1cccc2c1CN(C1CCC(=O)NC1=O)C2=O)C(=O)N1CCN(c2ccc(Nc3cc(-c4ccnc(N5CCn6c(cc7c6CC(C)(C)C7)C5=O)c4CO)cn(C)c3=O)nc2)CC1. The molecule has 2 fully saturated rings. The van der Waals surface area contributed by atoms with Gasteiger partial charge in [0.25, 0.3) is 17.4 Å². The van der Waals surface area contributed by atoms with Crippen LogP contribution in [0.1, 0.15) is 81.9 Å². The van der Waals surface area contributed by atoms with Crippen molar-refractivity contribution in [1.82, 2.24) is 39.1 Å². The Bertz CT molecular complexity index is 3200. The van der Waals surface area contributed by atoms with Crippen molar-refractivity contribution in [2.24, 2.45) is 12.5 Å². The molecule has 22 nitrogen and oxygen atoms in total. The first-order chi connectivity index (χ1) is 39.2. The molecule has 6 amide bonds. The lowest BCUT2D eigenvalue weighted by atomic mass is 9.90. The van der Waals surface area contributed by atoms with Crippen LogP contribution >= 0.6 is 0 Å².